The van der Waals surface area contributed by atoms with E-state index >= 15 is 0 Å². The third kappa shape index (κ3) is 2.81. The van der Waals surface area contributed by atoms with E-state index in [1.165, 1.54) is 5.56 Å². The zero-order valence-corrected chi connectivity index (χ0v) is 9.97. The van der Waals surface area contributed by atoms with Crippen LogP contribution in [0.3, 0.4) is 0 Å². The van der Waals surface area contributed by atoms with E-state index in [2.05, 4.69) is 29.4 Å². The summed E-state index contributed by atoms with van der Waals surface area (Å²) in [5.41, 5.74) is 2.98. The molecule has 0 aliphatic carbocycles. The Bertz CT molecular complexity index is 488. The summed E-state index contributed by atoms with van der Waals surface area (Å²) in [5, 5.41) is 4.20. The van der Waals surface area contributed by atoms with Gasteiger partial charge in [0.25, 0.3) is 0 Å². The molecular weight excluding hydrogens is 212 g/mol. The molecule has 0 bridgehead atoms. The van der Waals surface area contributed by atoms with Crippen molar-refractivity contribution in [3.63, 3.8) is 0 Å². The minimum atomic E-state index is 0.685. The van der Waals surface area contributed by atoms with Gasteiger partial charge in [-0.15, -0.1) is 0 Å². The van der Waals surface area contributed by atoms with Crippen LogP contribution in [0.4, 0.5) is 0 Å². The van der Waals surface area contributed by atoms with Gasteiger partial charge in [0.2, 0.25) is 0 Å². The number of rotatable bonds is 5. The zero-order valence-electron chi connectivity index (χ0n) is 9.97. The highest BCUT2D eigenvalue weighted by atomic mass is 16.1. The molecule has 0 N–H and O–H groups in total. The maximum Gasteiger partial charge on any atom is 0.153 e. The Balaban J connectivity index is 1.90. The molecule has 0 unspecified atom stereocenters. The largest absolute Gasteiger partial charge is 0.298 e. The molecule has 0 saturated heterocycles. The van der Waals surface area contributed by atoms with E-state index in [-0.39, 0.29) is 0 Å². The number of hydrogen-bond acceptors (Lipinski definition) is 2. The monoisotopic (exact) mass is 228 g/mol. The Hall–Kier alpha value is -1.90. The van der Waals surface area contributed by atoms with Crippen LogP contribution in [0.1, 0.15) is 28.0 Å². The smallest absolute Gasteiger partial charge is 0.153 e. The summed E-state index contributed by atoms with van der Waals surface area (Å²) in [7, 11) is 0. The van der Waals surface area contributed by atoms with Crippen LogP contribution in [0.2, 0.25) is 0 Å². The van der Waals surface area contributed by atoms with Crippen LogP contribution in [0.25, 0.3) is 0 Å². The molecule has 17 heavy (non-hydrogen) atoms. The van der Waals surface area contributed by atoms with E-state index < -0.39 is 0 Å². The predicted molar refractivity (Wildman–Crippen MR) is 67.1 cm³/mol. The lowest BCUT2D eigenvalue weighted by atomic mass is 10.1. The van der Waals surface area contributed by atoms with Crippen molar-refractivity contribution < 1.29 is 4.79 Å². The Morgan fingerprint density at radius 2 is 2.06 bits per heavy atom. The normalized spacial score (nSPS) is 10.4. The molecule has 0 radical (unpaired) electrons. The third-order valence-electron chi connectivity index (χ3n) is 2.95. The lowest BCUT2D eigenvalue weighted by Crippen LogP contribution is -2.04. The fourth-order valence-corrected chi connectivity index (χ4v) is 1.88. The number of carbonyl (C=O) groups is 1. The van der Waals surface area contributed by atoms with Gasteiger partial charge in [-0.1, -0.05) is 30.3 Å². The van der Waals surface area contributed by atoms with E-state index in [1.54, 1.807) is 6.20 Å². The number of carbonyl (C=O) groups excluding carboxylic acids is 1. The average Bonchev–Trinajstić information content (AvgIpc) is 2.72. The van der Waals surface area contributed by atoms with Crippen molar-refractivity contribution >= 4 is 6.29 Å². The molecule has 1 aromatic heterocycles. The summed E-state index contributed by atoms with van der Waals surface area (Å²) >= 11 is 0. The molecule has 0 aliphatic rings. The topological polar surface area (TPSA) is 34.9 Å². The number of aldehydes is 1. The van der Waals surface area contributed by atoms with E-state index in [4.69, 9.17) is 0 Å². The molecule has 1 aromatic carbocycles. The van der Waals surface area contributed by atoms with E-state index in [9.17, 15) is 4.79 Å². The molecule has 0 atom stereocenters. The summed E-state index contributed by atoms with van der Waals surface area (Å²) in [6.07, 6.45) is 4.56. The maximum atomic E-state index is 10.7. The molecule has 3 heteroatoms. The van der Waals surface area contributed by atoms with Crippen LogP contribution < -0.4 is 0 Å². The highest BCUT2D eigenvalue weighted by Crippen LogP contribution is 2.07. The molecule has 3 nitrogen and oxygen atoms in total. The summed E-state index contributed by atoms with van der Waals surface area (Å²) < 4.78 is 1.90. The molecule has 1 heterocycles. The van der Waals surface area contributed by atoms with Crippen molar-refractivity contribution in [3.8, 4) is 0 Å². The van der Waals surface area contributed by atoms with Gasteiger partial charge < -0.3 is 0 Å². The van der Waals surface area contributed by atoms with E-state index in [0.29, 0.717) is 5.56 Å². The standard InChI is InChI=1S/C14H16N2O/c1-12-14(11-17)10-15-16(12)9-5-8-13-6-3-2-4-7-13/h2-4,6-7,10-11H,5,8-9H2,1H3. The minimum Gasteiger partial charge on any atom is -0.298 e. The van der Waals surface area contributed by atoms with Crippen molar-refractivity contribution in [2.24, 2.45) is 0 Å². The second-order valence-electron chi connectivity index (χ2n) is 4.12. The van der Waals surface area contributed by atoms with Gasteiger partial charge in [-0.2, -0.15) is 5.10 Å². The average molecular weight is 228 g/mol. The molecule has 0 spiro atoms. The van der Waals surface area contributed by atoms with E-state index in [1.807, 2.05) is 17.7 Å². The Morgan fingerprint density at radius 1 is 1.29 bits per heavy atom. The molecule has 88 valence electrons. The van der Waals surface area contributed by atoms with Gasteiger partial charge in [-0.05, 0) is 25.3 Å². The van der Waals surface area contributed by atoms with Crippen molar-refractivity contribution in [1.82, 2.24) is 9.78 Å². The summed E-state index contributed by atoms with van der Waals surface area (Å²) in [6.45, 7) is 2.79. The molecule has 2 rings (SSSR count). The van der Waals surface area contributed by atoms with Gasteiger partial charge in [0, 0.05) is 12.2 Å². The quantitative estimate of drug-likeness (QED) is 0.737. The van der Waals surface area contributed by atoms with Gasteiger partial charge in [-0.3, -0.25) is 9.48 Å². The summed E-state index contributed by atoms with van der Waals surface area (Å²) in [6, 6.07) is 10.4. The lowest BCUT2D eigenvalue weighted by molar-refractivity contribution is 0.112. The first-order valence-electron chi connectivity index (χ1n) is 5.83. The highest BCUT2D eigenvalue weighted by Gasteiger charge is 2.04. The lowest BCUT2D eigenvalue weighted by Gasteiger charge is -2.04. The molecular formula is C14H16N2O. The number of hydrogen-bond donors (Lipinski definition) is 0. The predicted octanol–water partition coefficient (Wildman–Crippen LogP) is 2.64. The molecule has 0 amide bonds. The molecule has 0 aliphatic heterocycles. The molecule has 0 saturated carbocycles. The fourth-order valence-electron chi connectivity index (χ4n) is 1.88. The first kappa shape index (κ1) is 11.6. The van der Waals surface area contributed by atoms with Crippen molar-refractivity contribution in [2.45, 2.75) is 26.3 Å². The number of benzene rings is 1. The van der Waals surface area contributed by atoms with Crippen molar-refractivity contribution in [2.75, 3.05) is 0 Å². The van der Waals surface area contributed by atoms with Gasteiger partial charge in [-0.25, -0.2) is 0 Å². The number of nitrogens with zero attached hydrogens (tertiary/aromatic N) is 2. The Morgan fingerprint density at radius 3 is 2.71 bits per heavy atom. The molecule has 2 aromatic rings. The zero-order chi connectivity index (χ0) is 12.1. The van der Waals surface area contributed by atoms with Crippen molar-refractivity contribution in [1.29, 1.82) is 0 Å². The minimum absolute atomic E-state index is 0.685. The third-order valence-corrected chi connectivity index (χ3v) is 2.95. The SMILES string of the molecule is Cc1c(C=O)cnn1CCCc1ccccc1. The van der Waals surface area contributed by atoms with Crippen LogP contribution >= 0.6 is 0 Å². The maximum absolute atomic E-state index is 10.7. The first-order chi connectivity index (χ1) is 8.31. The van der Waals surface area contributed by atoms with E-state index in [0.717, 1.165) is 31.4 Å². The van der Waals surface area contributed by atoms with Crippen LogP contribution in [-0.4, -0.2) is 16.1 Å². The van der Waals surface area contributed by atoms with Crippen molar-refractivity contribution in [3.05, 3.63) is 53.3 Å². The van der Waals surface area contributed by atoms with Crippen LogP contribution in [-0.2, 0) is 13.0 Å². The fraction of sp³-hybridized carbons (Fsp3) is 0.286. The highest BCUT2D eigenvalue weighted by molar-refractivity contribution is 5.75. The van der Waals surface area contributed by atoms with Crippen LogP contribution in [0.15, 0.2) is 36.5 Å². The summed E-state index contributed by atoms with van der Waals surface area (Å²) in [4.78, 5) is 10.7. The number of aromatic nitrogens is 2. The van der Waals surface area contributed by atoms with Gasteiger partial charge in [0.15, 0.2) is 6.29 Å². The second kappa shape index (κ2) is 5.43. The number of aryl methyl sites for hydroxylation is 2. The van der Waals surface area contributed by atoms with Crippen LogP contribution in [0, 0.1) is 6.92 Å². The van der Waals surface area contributed by atoms with Gasteiger partial charge >= 0.3 is 0 Å². The second-order valence-corrected chi connectivity index (χ2v) is 4.12. The van der Waals surface area contributed by atoms with Gasteiger partial charge in [0.1, 0.15) is 0 Å². The molecule has 0 fully saturated rings. The van der Waals surface area contributed by atoms with Gasteiger partial charge in [0.05, 0.1) is 11.8 Å². The Labute approximate surface area is 101 Å². The summed E-state index contributed by atoms with van der Waals surface area (Å²) in [5.74, 6) is 0. The van der Waals surface area contributed by atoms with Crippen LogP contribution in [0.5, 0.6) is 0 Å². The Kier molecular flexibility index (Phi) is 3.70. The first-order valence-corrected chi connectivity index (χ1v) is 5.83.